The Balaban J connectivity index is 0. The van der Waals surface area contributed by atoms with Gasteiger partial charge in [-0.1, -0.05) is 104 Å². The molecule has 0 aliphatic rings. The van der Waals surface area contributed by atoms with E-state index in [0.29, 0.717) is 0 Å². The lowest BCUT2D eigenvalue weighted by atomic mass is 10.0. The summed E-state index contributed by atoms with van der Waals surface area (Å²) in [5, 5.41) is 0. The Morgan fingerprint density at radius 3 is 0.909 bits per heavy atom. The molecule has 0 amide bonds. The first-order chi connectivity index (χ1) is 10.7. The van der Waals surface area contributed by atoms with Crippen molar-refractivity contribution in [2.45, 2.75) is 104 Å². The Morgan fingerprint density at radius 2 is 0.773 bits per heavy atom. The smallest absolute Gasteiger partial charge is 0.314 e. The molecule has 0 bridgehead atoms. The number of hydrogen-bond donors (Lipinski definition) is 0. The van der Waals surface area contributed by atoms with Gasteiger partial charge in [-0.05, 0) is 0 Å². The van der Waals surface area contributed by atoms with Gasteiger partial charge in [0.2, 0.25) is 0 Å². The van der Waals surface area contributed by atoms with E-state index in [1.54, 1.807) is 0 Å². The van der Waals surface area contributed by atoms with E-state index >= 15 is 0 Å². The summed E-state index contributed by atoms with van der Waals surface area (Å²) in [7, 11) is 0.558. The molecule has 0 fully saturated rings. The zero-order valence-corrected chi connectivity index (χ0v) is 16.6. The molecule has 0 atom stereocenters. The Kier molecular flexibility index (Phi) is 26.0. The quantitative estimate of drug-likeness (QED) is 0.235. The van der Waals surface area contributed by atoms with Crippen LogP contribution in [0.5, 0.6) is 0 Å². The van der Waals surface area contributed by atoms with Crippen LogP contribution in [0.25, 0.3) is 0 Å². The molecule has 0 heterocycles. The highest BCUT2D eigenvalue weighted by Crippen LogP contribution is 2.18. The van der Waals surface area contributed by atoms with Gasteiger partial charge in [0, 0.05) is 14.2 Å². The van der Waals surface area contributed by atoms with E-state index in [-0.39, 0.29) is 0 Å². The average Bonchev–Trinajstić information content (AvgIpc) is 2.55. The maximum atomic E-state index is 9.92. The van der Waals surface area contributed by atoms with Gasteiger partial charge in [0.1, 0.15) is 0 Å². The molecule has 0 saturated carbocycles. The van der Waals surface area contributed by atoms with Crippen LogP contribution in [0, 0.1) is 0 Å². The minimum absolute atomic E-state index is 1.34. The first-order valence-corrected chi connectivity index (χ1v) is 10.6. The highest BCUT2D eigenvalue weighted by Gasteiger charge is 1.92. The monoisotopic (exact) mass is 336 g/mol. The molecule has 0 aliphatic carbocycles. The summed E-state index contributed by atoms with van der Waals surface area (Å²) in [6, 6.07) is 0. The van der Waals surface area contributed by atoms with Crippen molar-refractivity contribution in [3.05, 3.63) is 0 Å². The van der Waals surface area contributed by atoms with Gasteiger partial charge in [0.25, 0.3) is 0 Å². The topological polar surface area (TPSA) is 35.5 Å². The Labute approximate surface area is 140 Å². The molecule has 0 rings (SSSR count). The maximum Gasteiger partial charge on any atom is 0.318 e. The molecule has 0 aromatic heterocycles. The minimum Gasteiger partial charge on any atom is -0.314 e. The number of hydrogen-bond acceptors (Lipinski definition) is 3. The Hall–Kier alpha value is 0.150. The molecular formula is C18H41O3P. The Morgan fingerprint density at radius 1 is 0.545 bits per heavy atom. The molecule has 0 radical (unpaired) electrons. The second kappa shape index (κ2) is 23.4. The number of unbranched alkanes of at least 4 members (excludes halogenated alkanes) is 13. The summed E-state index contributed by atoms with van der Waals surface area (Å²) in [5.41, 5.74) is 0. The summed E-state index contributed by atoms with van der Waals surface area (Å²) in [4.78, 5) is 0. The lowest BCUT2D eigenvalue weighted by Crippen LogP contribution is -1.82. The standard InChI is InChI=1S/C16H34.C2H7O3P/c1-3-5-7-9-11-13-15-16-14-12-10-8-6-4-2;1-4-6(3)5-2/h3-16H2,1-2H3;6H,1-2H3. The second-order valence-corrected chi connectivity index (χ2v) is 7.22. The lowest BCUT2D eigenvalue weighted by Gasteiger charge is -2.02. The van der Waals surface area contributed by atoms with E-state index in [1.807, 2.05) is 0 Å². The molecule has 22 heavy (non-hydrogen) atoms. The third-order valence-electron chi connectivity index (χ3n) is 3.79. The van der Waals surface area contributed by atoms with Crippen LogP contribution < -0.4 is 0 Å². The summed E-state index contributed by atoms with van der Waals surface area (Å²) in [5.74, 6) is 0. The molecule has 0 aromatic carbocycles. The van der Waals surface area contributed by atoms with E-state index in [4.69, 9.17) is 0 Å². The number of rotatable bonds is 15. The molecule has 0 aliphatic heterocycles. The molecule has 0 N–H and O–H groups in total. The van der Waals surface area contributed by atoms with Gasteiger partial charge in [-0.3, -0.25) is 4.57 Å². The van der Waals surface area contributed by atoms with Gasteiger partial charge in [0.15, 0.2) is 0 Å². The van der Waals surface area contributed by atoms with E-state index in [0.717, 1.165) is 0 Å². The fraction of sp³-hybridized carbons (Fsp3) is 1.00. The predicted octanol–water partition coefficient (Wildman–Crippen LogP) is 7.16. The normalized spacial score (nSPS) is 10.6. The summed E-state index contributed by atoms with van der Waals surface area (Å²) in [6.07, 6.45) is 20.4. The summed E-state index contributed by atoms with van der Waals surface area (Å²) in [6.45, 7) is 4.58. The van der Waals surface area contributed by atoms with E-state index in [9.17, 15) is 4.57 Å². The van der Waals surface area contributed by atoms with Crippen LogP contribution in [0.3, 0.4) is 0 Å². The van der Waals surface area contributed by atoms with Crippen molar-refractivity contribution in [2.24, 2.45) is 0 Å². The fourth-order valence-electron chi connectivity index (χ4n) is 2.35. The van der Waals surface area contributed by atoms with Crippen LogP contribution in [0.2, 0.25) is 0 Å². The van der Waals surface area contributed by atoms with Gasteiger partial charge in [-0.25, -0.2) is 0 Å². The third kappa shape index (κ3) is 25.1. The second-order valence-electron chi connectivity index (χ2n) is 5.90. The van der Waals surface area contributed by atoms with Gasteiger partial charge in [-0.2, -0.15) is 0 Å². The largest absolute Gasteiger partial charge is 0.318 e. The molecule has 0 saturated heterocycles. The van der Waals surface area contributed by atoms with Crippen LogP contribution in [0.4, 0.5) is 0 Å². The zero-order valence-electron chi connectivity index (χ0n) is 15.6. The van der Waals surface area contributed by atoms with Crippen LogP contribution in [-0.4, -0.2) is 14.2 Å². The highest BCUT2D eigenvalue weighted by atomic mass is 31.1. The molecular weight excluding hydrogens is 295 g/mol. The van der Waals surface area contributed by atoms with Crippen molar-refractivity contribution >= 4 is 8.25 Å². The van der Waals surface area contributed by atoms with Crippen LogP contribution in [0.1, 0.15) is 104 Å². The minimum atomic E-state index is -2.12. The summed E-state index contributed by atoms with van der Waals surface area (Å²) >= 11 is 0. The van der Waals surface area contributed by atoms with Gasteiger partial charge in [-0.15, -0.1) is 0 Å². The zero-order chi connectivity index (χ0) is 16.9. The summed E-state index contributed by atoms with van der Waals surface area (Å²) < 4.78 is 18.4. The van der Waals surface area contributed by atoms with Crippen molar-refractivity contribution in [2.75, 3.05) is 14.2 Å². The van der Waals surface area contributed by atoms with Crippen LogP contribution in [0.15, 0.2) is 0 Å². The van der Waals surface area contributed by atoms with Crippen molar-refractivity contribution in [3.63, 3.8) is 0 Å². The first-order valence-electron chi connectivity index (χ1n) is 9.34. The molecule has 0 unspecified atom stereocenters. The highest BCUT2D eigenvalue weighted by molar-refractivity contribution is 7.33. The molecule has 0 spiro atoms. The SMILES string of the molecule is CCCCCCCCCCCCCCCC.CO[PH](=O)OC. The van der Waals surface area contributed by atoms with Crippen molar-refractivity contribution in [1.82, 2.24) is 0 Å². The van der Waals surface area contributed by atoms with Gasteiger partial charge in [0.05, 0.1) is 0 Å². The van der Waals surface area contributed by atoms with E-state index in [2.05, 4.69) is 22.9 Å². The maximum absolute atomic E-state index is 9.92. The van der Waals surface area contributed by atoms with Crippen molar-refractivity contribution in [1.29, 1.82) is 0 Å². The van der Waals surface area contributed by atoms with Crippen molar-refractivity contribution < 1.29 is 13.6 Å². The molecule has 0 aromatic rings. The lowest BCUT2D eigenvalue weighted by molar-refractivity contribution is 0.302. The van der Waals surface area contributed by atoms with Gasteiger partial charge < -0.3 is 9.05 Å². The Bertz CT molecular complexity index is 191. The van der Waals surface area contributed by atoms with Crippen LogP contribution >= 0.6 is 8.25 Å². The predicted molar refractivity (Wildman–Crippen MR) is 99.0 cm³/mol. The van der Waals surface area contributed by atoms with Crippen molar-refractivity contribution in [3.8, 4) is 0 Å². The van der Waals surface area contributed by atoms with E-state index in [1.165, 1.54) is 104 Å². The third-order valence-corrected chi connectivity index (χ3v) is 4.46. The van der Waals surface area contributed by atoms with Gasteiger partial charge >= 0.3 is 8.25 Å². The average molecular weight is 336 g/mol. The molecule has 3 nitrogen and oxygen atoms in total. The van der Waals surface area contributed by atoms with Crippen LogP contribution in [-0.2, 0) is 13.6 Å². The first kappa shape index (κ1) is 24.4. The molecule has 136 valence electrons. The van der Waals surface area contributed by atoms with E-state index < -0.39 is 8.25 Å². The molecule has 4 heteroatoms. The fourth-order valence-corrected chi connectivity index (χ4v) is 2.52.